The molecule has 0 unspecified atom stereocenters. The summed E-state index contributed by atoms with van der Waals surface area (Å²) >= 11 is 3.12. The van der Waals surface area contributed by atoms with Crippen molar-refractivity contribution in [1.82, 2.24) is 0 Å². The molecule has 0 saturated heterocycles. The highest BCUT2D eigenvalue weighted by Gasteiger charge is 2.23. The molecule has 130 valence electrons. The van der Waals surface area contributed by atoms with Gasteiger partial charge in [0.15, 0.2) is 6.61 Å². The van der Waals surface area contributed by atoms with Gasteiger partial charge in [-0.1, -0.05) is 6.07 Å². The number of rotatable bonds is 7. The zero-order chi connectivity index (χ0) is 17.6. The van der Waals surface area contributed by atoms with Crippen molar-refractivity contribution in [1.29, 1.82) is 5.26 Å². The summed E-state index contributed by atoms with van der Waals surface area (Å²) in [5.41, 5.74) is 1.63. The molecule has 0 atom stereocenters. The number of aryl methyl sites for hydroxylation is 2. The second kappa shape index (κ2) is 8.28. The third-order valence-corrected chi connectivity index (χ3v) is 6.18. The van der Waals surface area contributed by atoms with Crippen molar-refractivity contribution < 1.29 is 14.3 Å². The van der Waals surface area contributed by atoms with Crippen LogP contribution in [0.15, 0.2) is 17.5 Å². The molecule has 1 aliphatic carbocycles. The minimum Gasteiger partial charge on any atom is -0.456 e. The van der Waals surface area contributed by atoms with Gasteiger partial charge in [-0.2, -0.15) is 5.26 Å². The first kappa shape index (κ1) is 17.6. The number of fused-ring (bicyclic) bond motifs is 1. The van der Waals surface area contributed by atoms with Crippen LogP contribution in [0.5, 0.6) is 0 Å². The zero-order valence-corrected chi connectivity index (χ0v) is 15.3. The van der Waals surface area contributed by atoms with E-state index in [1.165, 1.54) is 21.1 Å². The number of carbonyl (C=O) groups excluding carboxylic acids is 2. The molecule has 2 aromatic rings. The molecule has 0 saturated carbocycles. The predicted octanol–water partition coefficient (Wildman–Crippen LogP) is 3.67. The fourth-order valence-corrected chi connectivity index (χ4v) is 4.86. The molecular formula is C18H18N2O3S2. The van der Waals surface area contributed by atoms with Crippen LogP contribution in [0.4, 0.5) is 5.00 Å². The molecule has 3 rings (SSSR count). The molecule has 1 aliphatic rings. The van der Waals surface area contributed by atoms with Crippen molar-refractivity contribution in [2.75, 3.05) is 11.9 Å². The number of esters is 1. The molecule has 0 aliphatic heterocycles. The van der Waals surface area contributed by atoms with E-state index < -0.39 is 5.91 Å². The lowest BCUT2D eigenvalue weighted by Crippen LogP contribution is -2.20. The van der Waals surface area contributed by atoms with E-state index in [2.05, 4.69) is 11.4 Å². The van der Waals surface area contributed by atoms with Crippen LogP contribution in [0.1, 0.15) is 40.1 Å². The van der Waals surface area contributed by atoms with Crippen molar-refractivity contribution in [3.8, 4) is 6.07 Å². The maximum absolute atomic E-state index is 12.0. The summed E-state index contributed by atoms with van der Waals surface area (Å²) in [6.07, 6.45) is 4.76. The van der Waals surface area contributed by atoms with E-state index in [0.29, 0.717) is 23.4 Å². The van der Waals surface area contributed by atoms with Crippen LogP contribution >= 0.6 is 22.7 Å². The highest BCUT2D eigenvalue weighted by atomic mass is 32.1. The standard InChI is InChI=1S/C18H18N2O3S2/c19-10-14-13-6-2-7-15(13)25-18(14)20-16(21)11-23-17(22)8-1-4-12-5-3-9-24-12/h3,5,9H,1-2,4,6-8,11H2,(H,20,21). The largest absolute Gasteiger partial charge is 0.456 e. The lowest BCUT2D eigenvalue weighted by atomic mass is 10.1. The summed E-state index contributed by atoms with van der Waals surface area (Å²) in [6, 6.07) is 6.20. The number of nitrogens with zero attached hydrogens (tertiary/aromatic N) is 1. The van der Waals surface area contributed by atoms with Gasteiger partial charge in [0.2, 0.25) is 0 Å². The average Bonchev–Trinajstić information content (AvgIpc) is 3.30. The fraction of sp³-hybridized carbons (Fsp3) is 0.389. The summed E-state index contributed by atoms with van der Waals surface area (Å²) in [5, 5.41) is 14.6. The Morgan fingerprint density at radius 2 is 2.24 bits per heavy atom. The van der Waals surface area contributed by atoms with Crippen LogP contribution in [0.3, 0.4) is 0 Å². The Hall–Kier alpha value is -2.17. The number of anilines is 1. The van der Waals surface area contributed by atoms with E-state index in [4.69, 9.17) is 4.74 Å². The SMILES string of the molecule is N#Cc1c(NC(=O)COC(=O)CCCc2cccs2)sc2c1CCC2. The van der Waals surface area contributed by atoms with Crippen molar-refractivity contribution >= 4 is 39.6 Å². The second-order valence-corrected chi connectivity index (χ2v) is 7.95. The topological polar surface area (TPSA) is 79.2 Å². The first-order valence-electron chi connectivity index (χ1n) is 8.20. The first-order valence-corrected chi connectivity index (χ1v) is 9.89. The van der Waals surface area contributed by atoms with E-state index in [-0.39, 0.29) is 12.6 Å². The van der Waals surface area contributed by atoms with E-state index in [0.717, 1.165) is 31.2 Å². The van der Waals surface area contributed by atoms with Crippen LogP contribution in [-0.4, -0.2) is 18.5 Å². The van der Waals surface area contributed by atoms with E-state index >= 15 is 0 Å². The van der Waals surface area contributed by atoms with Gasteiger partial charge >= 0.3 is 5.97 Å². The monoisotopic (exact) mass is 374 g/mol. The first-order chi connectivity index (χ1) is 12.2. The highest BCUT2D eigenvalue weighted by Crippen LogP contribution is 2.38. The summed E-state index contributed by atoms with van der Waals surface area (Å²) in [5.74, 6) is -0.774. The molecule has 2 aromatic heterocycles. The van der Waals surface area contributed by atoms with Gasteiger partial charge in [0.1, 0.15) is 11.1 Å². The molecule has 1 N–H and O–H groups in total. The number of nitriles is 1. The third-order valence-electron chi connectivity index (χ3n) is 4.03. The maximum atomic E-state index is 12.0. The Kier molecular flexibility index (Phi) is 5.84. The number of thiophene rings is 2. The number of hydrogen-bond acceptors (Lipinski definition) is 6. The summed E-state index contributed by atoms with van der Waals surface area (Å²) in [6.45, 7) is -0.314. The molecule has 0 aromatic carbocycles. The number of carbonyl (C=O) groups is 2. The molecule has 0 radical (unpaired) electrons. The molecule has 0 fully saturated rings. The number of ether oxygens (including phenoxy) is 1. The third kappa shape index (κ3) is 4.47. The number of nitrogens with one attached hydrogen (secondary N) is 1. The molecule has 0 bridgehead atoms. The Bertz CT molecular complexity index is 803. The molecule has 1 amide bonds. The van der Waals surface area contributed by atoms with Crippen molar-refractivity contribution in [2.24, 2.45) is 0 Å². The molecular weight excluding hydrogens is 356 g/mol. The summed E-state index contributed by atoms with van der Waals surface area (Å²) < 4.78 is 5.02. The smallest absolute Gasteiger partial charge is 0.306 e. The van der Waals surface area contributed by atoms with Gasteiger partial charge in [-0.15, -0.1) is 22.7 Å². The molecule has 25 heavy (non-hydrogen) atoms. The minimum atomic E-state index is -0.400. The Balaban J connectivity index is 1.42. The van der Waals surface area contributed by atoms with Gasteiger partial charge in [0.05, 0.1) is 5.56 Å². The molecule has 2 heterocycles. The lowest BCUT2D eigenvalue weighted by Gasteiger charge is -2.06. The zero-order valence-electron chi connectivity index (χ0n) is 13.7. The Morgan fingerprint density at radius 1 is 1.36 bits per heavy atom. The van der Waals surface area contributed by atoms with Gasteiger partial charge < -0.3 is 10.1 Å². The lowest BCUT2D eigenvalue weighted by molar-refractivity contribution is -0.147. The fourth-order valence-electron chi connectivity index (χ4n) is 2.85. The molecule has 5 nitrogen and oxygen atoms in total. The van der Waals surface area contributed by atoms with E-state index in [1.54, 1.807) is 11.3 Å². The van der Waals surface area contributed by atoms with Crippen LogP contribution in [0, 0.1) is 11.3 Å². The quantitative estimate of drug-likeness (QED) is 0.750. The molecule has 7 heteroatoms. The van der Waals surface area contributed by atoms with Gasteiger partial charge in [-0.25, -0.2) is 0 Å². The highest BCUT2D eigenvalue weighted by molar-refractivity contribution is 7.16. The van der Waals surface area contributed by atoms with Crippen LogP contribution in [0.25, 0.3) is 0 Å². The normalized spacial score (nSPS) is 12.4. The Labute approximate surface area is 154 Å². The number of hydrogen-bond donors (Lipinski definition) is 1. The van der Waals surface area contributed by atoms with Crippen molar-refractivity contribution in [2.45, 2.75) is 38.5 Å². The van der Waals surface area contributed by atoms with Crippen molar-refractivity contribution in [3.05, 3.63) is 38.4 Å². The van der Waals surface area contributed by atoms with E-state index in [9.17, 15) is 14.9 Å². The number of amides is 1. The summed E-state index contributed by atoms with van der Waals surface area (Å²) in [4.78, 5) is 26.1. The van der Waals surface area contributed by atoms with Crippen molar-refractivity contribution in [3.63, 3.8) is 0 Å². The molecule has 0 spiro atoms. The van der Waals surface area contributed by atoms with E-state index in [1.807, 2.05) is 17.5 Å². The van der Waals surface area contributed by atoms with Gasteiger partial charge in [-0.3, -0.25) is 9.59 Å². The predicted molar refractivity (Wildman–Crippen MR) is 97.9 cm³/mol. The van der Waals surface area contributed by atoms with Gasteiger partial charge in [-0.05, 0) is 49.1 Å². The van der Waals surface area contributed by atoms with Crippen LogP contribution < -0.4 is 5.32 Å². The average molecular weight is 374 g/mol. The maximum Gasteiger partial charge on any atom is 0.306 e. The minimum absolute atomic E-state index is 0.294. The van der Waals surface area contributed by atoms with Crippen LogP contribution in [-0.2, 0) is 33.6 Å². The Morgan fingerprint density at radius 3 is 3.00 bits per heavy atom. The van der Waals surface area contributed by atoms with Gasteiger partial charge in [0, 0.05) is 16.2 Å². The second-order valence-electron chi connectivity index (χ2n) is 5.82. The van der Waals surface area contributed by atoms with Gasteiger partial charge in [0.25, 0.3) is 5.91 Å². The van der Waals surface area contributed by atoms with Crippen LogP contribution in [0.2, 0.25) is 0 Å². The summed E-state index contributed by atoms with van der Waals surface area (Å²) in [7, 11) is 0.